The Labute approximate surface area is 91.8 Å². The SMILES string of the molecule is CC(C)Nc1c([N+](=O)[O-])c(=O)n2n1CCC2. The molecule has 0 aliphatic carbocycles. The standard InChI is InChI=1S/C9H14N4O3/c1-6(2)10-8-7(13(15)16)9(14)12-5-3-4-11(8)12/h6,10H,3-5H2,1-2H3. The molecular weight excluding hydrogens is 212 g/mol. The van der Waals surface area contributed by atoms with Crippen LogP contribution < -0.4 is 10.9 Å². The third kappa shape index (κ3) is 1.48. The molecular formula is C9H14N4O3. The average Bonchev–Trinajstić information content (AvgIpc) is 2.69. The van der Waals surface area contributed by atoms with Gasteiger partial charge in [-0.3, -0.25) is 19.6 Å². The summed E-state index contributed by atoms with van der Waals surface area (Å²) in [6.45, 7) is 4.97. The lowest BCUT2D eigenvalue weighted by Gasteiger charge is -2.10. The summed E-state index contributed by atoms with van der Waals surface area (Å²) in [5.74, 6) is 0.336. The Bertz CT molecular complexity index is 486. The van der Waals surface area contributed by atoms with E-state index in [-0.39, 0.29) is 11.7 Å². The number of hydrogen-bond donors (Lipinski definition) is 1. The quantitative estimate of drug-likeness (QED) is 0.610. The molecule has 7 heteroatoms. The van der Waals surface area contributed by atoms with Crippen LogP contribution >= 0.6 is 0 Å². The van der Waals surface area contributed by atoms with Crippen LogP contribution in [0.4, 0.5) is 11.5 Å². The predicted octanol–water partition coefficient (Wildman–Crippen LogP) is 0.782. The van der Waals surface area contributed by atoms with Gasteiger partial charge in [-0.25, -0.2) is 4.68 Å². The van der Waals surface area contributed by atoms with Crippen molar-refractivity contribution >= 4 is 11.5 Å². The summed E-state index contributed by atoms with van der Waals surface area (Å²) in [7, 11) is 0. The first-order valence-electron chi connectivity index (χ1n) is 5.27. The van der Waals surface area contributed by atoms with Crippen molar-refractivity contribution in [1.82, 2.24) is 9.36 Å². The van der Waals surface area contributed by atoms with E-state index < -0.39 is 10.5 Å². The zero-order chi connectivity index (χ0) is 11.9. The molecule has 0 unspecified atom stereocenters. The molecule has 0 amide bonds. The van der Waals surface area contributed by atoms with E-state index >= 15 is 0 Å². The second-order valence-corrected chi connectivity index (χ2v) is 4.16. The summed E-state index contributed by atoms with van der Waals surface area (Å²) in [5.41, 5.74) is -0.848. The van der Waals surface area contributed by atoms with Gasteiger partial charge in [0, 0.05) is 19.1 Å². The molecule has 0 atom stereocenters. The van der Waals surface area contributed by atoms with Gasteiger partial charge in [0.05, 0.1) is 4.92 Å². The molecule has 1 aliphatic rings. The molecule has 0 spiro atoms. The van der Waals surface area contributed by atoms with Gasteiger partial charge in [0.25, 0.3) is 0 Å². The first-order chi connectivity index (χ1) is 7.52. The highest BCUT2D eigenvalue weighted by Gasteiger charge is 2.31. The highest BCUT2D eigenvalue weighted by atomic mass is 16.6. The van der Waals surface area contributed by atoms with Crippen molar-refractivity contribution in [2.45, 2.75) is 39.4 Å². The highest BCUT2D eigenvalue weighted by Crippen LogP contribution is 2.25. The fraction of sp³-hybridized carbons (Fsp3) is 0.667. The maximum Gasteiger partial charge on any atom is 0.376 e. The minimum atomic E-state index is -0.606. The number of nitro groups is 1. The van der Waals surface area contributed by atoms with Crippen LogP contribution in [0.3, 0.4) is 0 Å². The van der Waals surface area contributed by atoms with E-state index in [1.807, 2.05) is 13.8 Å². The second-order valence-electron chi connectivity index (χ2n) is 4.16. The maximum absolute atomic E-state index is 11.8. The molecule has 0 saturated carbocycles. The van der Waals surface area contributed by atoms with E-state index in [0.717, 1.165) is 6.42 Å². The number of aromatic nitrogens is 2. The fourth-order valence-electron chi connectivity index (χ4n) is 1.98. The zero-order valence-corrected chi connectivity index (χ0v) is 9.27. The lowest BCUT2D eigenvalue weighted by Crippen LogP contribution is -2.18. The molecule has 0 aromatic carbocycles. The Hall–Kier alpha value is -1.79. The molecule has 1 aliphatic heterocycles. The summed E-state index contributed by atoms with van der Waals surface area (Å²) in [6.07, 6.45) is 0.847. The van der Waals surface area contributed by atoms with Gasteiger partial charge < -0.3 is 5.32 Å². The lowest BCUT2D eigenvalue weighted by molar-refractivity contribution is -0.385. The van der Waals surface area contributed by atoms with Crippen LogP contribution in [-0.2, 0) is 13.1 Å². The molecule has 0 radical (unpaired) electrons. The van der Waals surface area contributed by atoms with Crippen molar-refractivity contribution in [3.05, 3.63) is 20.5 Å². The van der Waals surface area contributed by atoms with Crippen LogP contribution in [-0.4, -0.2) is 20.3 Å². The normalized spacial score (nSPS) is 14.2. The Balaban J connectivity index is 2.59. The van der Waals surface area contributed by atoms with Crippen LogP contribution in [0.5, 0.6) is 0 Å². The molecule has 0 saturated heterocycles. The lowest BCUT2D eigenvalue weighted by atomic mass is 10.3. The second kappa shape index (κ2) is 3.66. The van der Waals surface area contributed by atoms with Gasteiger partial charge in [0.1, 0.15) is 0 Å². The van der Waals surface area contributed by atoms with Gasteiger partial charge in [-0.1, -0.05) is 0 Å². The van der Waals surface area contributed by atoms with E-state index in [2.05, 4.69) is 5.32 Å². The van der Waals surface area contributed by atoms with E-state index in [0.29, 0.717) is 18.9 Å². The molecule has 1 N–H and O–H groups in total. The molecule has 7 nitrogen and oxygen atoms in total. The third-order valence-electron chi connectivity index (χ3n) is 2.56. The Morgan fingerprint density at radius 1 is 1.38 bits per heavy atom. The molecule has 1 aromatic heterocycles. The Kier molecular flexibility index (Phi) is 2.45. The van der Waals surface area contributed by atoms with Crippen LogP contribution in [0, 0.1) is 10.1 Å². The number of rotatable bonds is 3. The summed E-state index contributed by atoms with van der Waals surface area (Å²) in [4.78, 5) is 22.0. The minimum Gasteiger partial charge on any atom is -0.362 e. The average molecular weight is 226 g/mol. The van der Waals surface area contributed by atoms with Crippen LogP contribution in [0.25, 0.3) is 0 Å². The first-order valence-corrected chi connectivity index (χ1v) is 5.27. The van der Waals surface area contributed by atoms with Crippen molar-refractivity contribution in [1.29, 1.82) is 0 Å². The van der Waals surface area contributed by atoms with Gasteiger partial charge in [-0.05, 0) is 20.3 Å². The van der Waals surface area contributed by atoms with Crippen LogP contribution in [0.1, 0.15) is 20.3 Å². The summed E-state index contributed by atoms with van der Waals surface area (Å²) in [6, 6.07) is 0.0540. The van der Waals surface area contributed by atoms with Gasteiger partial charge in [0.15, 0.2) is 0 Å². The smallest absolute Gasteiger partial charge is 0.362 e. The maximum atomic E-state index is 11.8. The molecule has 88 valence electrons. The van der Waals surface area contributed by atoms with E-state index in [9.17, 15) is 14.9 Å². The zero-order valence-electron chi connectivity index (χ0n) is 9.27. The molecule has 2 rings (SSSR count). The van der Waals surface area contributed by atoms with Crippen LogP contribution in [0.15, 0.2) is 4.79 Å². The van der Waals surface area contributed by atoms with Gasteiger partial charge in [-0.2, -0.15) is 0 Å². The number of fused-ring (bicyclic) bond motifs is 1. The monoisotopic (exact) mass is 226 g/mol. The number of anilines is 1. The fourth-order valence-corrected chi connectivity index (χ4v) is 1.98. The molecule has 0 fully saturated rings. The molecule has 0 bridgehead atoms. The number of hydrogen-bond acceptors (Lipinski definition) is 4. The highest BCUT2D eigenvalue weighted by molar-refractivity contribution is 5.56. The topological polar surface area (TPSA) is 82.1 Å². The predicted molar refractivity (Wildman–Crippen MR) is 58.7 cm³/mol. The van der Waals surface area contributed by atoms with Gasteiger partial charge in [0.2, 0.25) is 5.82 Å². The molecule has 1 aromatic rings. The van der Waals surface area contributed by atoms with Crippen LogP contribution in [0.2, 0.25) is 0 Å². The van der Waals surface area contributed by atoms with Crippen molar-refractivity contribution in [3.63, 3.8) is 0 Å². The number of nitrogens with zero attached hydrogens (tertiary/aromatic N) is 3. The minimum absolute atomic E-state index is 0.0540. The summed E-state index contributed by atoms with van der Waals surface area (Å²) in [5, 5.41) is 13.8. The van der Waals surface area contributed by atoms with Gasteiger partial charge in [-0.15, -0.1) is 0 Å². The number of nitrogens with one attached hydrogen (secondary N) is 1. The Morgan fingerprint density at radius 3 is 2.56 bits per heavy atom. The molecule has 2 heterocycles. The third-order valence-corrected chi connectivity index (χ3v) is 2.56. The van der Waals surface area contributed by atoms with Crippen molar-refractivity contribution in [3.8, 4) is 0 Å². The van der Waals surface area contributed by atoms with Crippen molar-refractivity contribution < 1.29 is 4.92 Å². The van der Waals surface area contributed by atoms with E-state index in [4.69, 9.17) is 0 Å². The first kappa shape index (κ1) is 10.7. The van der Waals surface area contributed by atoms with Crippen molar-refractivity contribution in [2.24, 2.45) is 0 Å². The van der Waals surface area contributed by atoms with E-state index in [1.165, 1.54) is 4.68 Å². The van der Waals surface area contributed by atoms with Crippen molar-refractivity contribution in [2.75, 3.05) is 5.32 Å². The summed E-state index contributed by atoms with van der Waals surface area (Å²) >= 11 is 0. The Morgan fingerprint density at radius 2 is 2.00 bits per heavy atom. The molecule has 16 heavy (non-hydrogen) atoms. The van der Waals surface area contributed by atoms with Gasteiger partial charge >= 0.3 is 11.2 Å². The summed E-state index contributed by atoms with van der Waals surface area (Å²) < 4.78 is 3.10. The van der Waals surface area contributed by atoms with E-state index in [1.54, 1.807) is 4.68 Å². The largest absolute Gasteiger partial charge is 0.376 e.